The smallest absolute Gasteiger partial charge is 0.0196 e. The predicted molar refractivity (Wildman–Crippen MR) is 114 cm³/mol. The van der Waals surface area contributed by atoms with E-state index in [0.717, 1.165) is 11.3 Å². The number of rotatable bonds is 3. The SMILES string of the molecule is Cc1c[c-]c(-c2cc(-c3ccc(-c4ccccc4)cc3C)c(C)cn2)cc1.[Ir]. The van der Waals surface area contributed by atoms with E-state index in [2.05, 4.69) is 98.6 Å². The fraction of sp³-hybridized carbons (Fsp3) is 0.115. The maximum atomic E-state index is 4.63. The van der Waals surface area contributed by atoms with E-state index in [1.54, 1.807) is 0 Å². The fourth-order valence-electron chi connectivity index (χ4n) is 3.40. The van der Waals surface area contributed by atoms with Gasteiger partial charge in [0, 0.05) is 26.3 Å². The summed E-state index contributed by atoms with van der Waals surface area (Å²) in [5.41, 5.74) is 10.6. The normalized spacial score (nSPS) is 10.4. The molecule has 1 aromatic heterocycles. The molecule has 0 N–H and O–H groups in total. The Bertz CT molecular complexity index is 1080. The molecule has 1 radical (unpaired) electrons. The van der Waals surface area contributed by atoms with E-state index in [1.807, 2.05) is 12.3 Å². The summed E-state index contributed by atoms with van der Waals surface area (Å²) >= 11 is 0. The third-order valence-electron chi connectivity index (χ3n) is 4.97. The van der Waals surface area contributed by atoms with Crippen LogP contribution in [0.4, 0.5) is 0 Å². The summed E-state index contributed by atoms with van der Waals surface area (Å²) in [6.45, 7) is 6.38. The van der Waals surface area contributed by atoms with Gasteiger partial charge in [0.25, 0.3) is 0 Å². The van der Waals surface area contributed by atoms with Crippen LogP contribution in [0, 0.1) is 26.8 Å². The van der Waals surface area contributed by atoms with Crippen molar-refractivity contribution < 1.29 is 20.1 Å². The van der Waals surface area contributed by atoms with Crippen molar-refractivity contribution in [3.8, 4) is 33.5 Å². The van der Waals surface area contributed by atoms with Gasteiger partial charge < -0.3 is 4.98 Å². The monoisotopic (exact) mass is 541 g/mol. The summed E-state index contributed by atoms with van der Waals surface area (Å²) < 4.78 is 0. The van der Waals surface area contributed by atoms with Crippen LogP contribution in [0.2, 0.25) is 0 Å². The van der Waals surface area contributed by atoms with E-state index in [4.69, 9.17) is 0 Å². The van der Waals surface area contributed by atoms with Gasteiger partial charge >= 0.3 is 0 Å². The molecule has 4 aromatic rings. The van der Waals surface area contributed by atoms with E-state index < -0.39 is 0 Å². The Morgan fingerprint density at radius 2 is 1.50 bits per heavy atom. The Morgan fingerprint density at radius 3 is 2.18 bits per heavy atom. The molecule has 0 saturated carbocycles. The molecular formula is C26H22IrN-. The number of pyridine rings is 1. The first-order valence-corrected chi connectivity index (χ1v) is 9.23. The standard InChI is InChI=1S/C26H22N.Ir/c1-18-9-11-22(12-10-18)26-16-25(20(3)17-27-26)24-14-13-23(15-19(24)2)21-7-5-4-6-8-21;/h4-11,13-17H,1-3H3;/q-1;. The van der Waals surface area contributed by atoms with Gasteiger partial charge in [-0.1, -0.05) is 61.5 Å². The zero-order chi connectivity index (χ0) is 18.8. The van der Waals surface area contributed by atoms with Crippen LogP contribution in [0.3, 0.4) is 0 Å². The number of nitrogens with zero attached hydrogens (tertiary/aromatic N) is 1. The van der Waals surface area contributed by atoms with Crippen molar-refractivity contribution in [1.29, 1.82) is 0 Å². The minimum atomic E-state index is 0. The molecule has 0 unspecified atom stereocenters. The third-order valence-corrected chi connectivity index (χ3v) is 4.97. The van der Waals surface area contributed by atoms with Crippen LogP contribution in [-0.4, -0.2) is 4.98 Å². The summed E-state index contributed by atoms with van der Waals surface area (Å²) in [6.07, 6.45) is 1.96. The van der Waals surface area contributed by atoms with Crippen LogP contribution in [0.25, 0.3) is 33.5 Å². The quantitative estimate of drug-likeness (QED) is 0.260. The maximum Gasteiger partial charge on any atom is 0.0196 e. The van der Waals surface area contributed by atoms with E-state index in [-0.39, 0.29) is 20.1 Å². The minimum absolute atomic E-state index is 0. The molecule has 3 aromatic carbocycles. The molecule has 2 heteroatoms. The average Bonchev–Trinajstić information content (AvgIpc) is 2.70. The molecule has 0 bridgehead atoms. The third kappa shape index (κ3) is 4.14. The summed E-state index contributed by atoms with van der Waals surface area (Å²) in [7, 11) is 0. The first-order chi connectivity index (χ1) is 13.1. The van der Waals surface area contributed by atoms with Crippen LogP contribution in [0.1, 0.15) is 16.7 Å². The molecule has 1 heterocycles. The Morgan fingerprint density at radius 1 is 0.714 bits per heavy atom. The van der Waals surface area contributed by atoms with Gasteiger partial charge in [0.2, 0.25) is 0 Å². The number of aromatic nitrogens is 1. The van der Waals surface area contributed by atoms with Gasteiger partial charge in [-0.25, -0.2) is 0 Å². The summed E-state index contributed by atoms with van der Waals surface area (Å²) in [4.78, 5) is 4.63. The molecule has 0 saturated heterocycles. The summed E-state index contributed by atoms with van der Waals surface area (Å²) in [5, 5.41) is 0. The molecule has 4 rings (SSSR count). The van der Waals surface area contributed by atoms with Crippen molar-refractivity contribution in [3.63, 3.8) is 0 Å². The van der Waals surface area contributed by atoms with Gasteiger partial charge in [0.15, 0.2) is 0 Å². The molecule has 0 amide bonds. The maximum absolute atomic E-state index is 4.63. The first-order valence-electron chi connectivity index (χ1n) is 9.23. The molecular weight excluding hydrogens is 519 g/mol. The van der Waals surface area contributed by atoms with Crippen LogP contribution in [0.15, 0.2) is 79.0 Å². The van der Waals surface area contributed by atoms with Crippen molar-refractivity contribution in [2.75, 3.05) is 0 Å². The molecule has 141 valence electrons. The van der Waals surface area contributed by atoms with Crippen molar-refractivity contribution in [1.82, 2.24) is 4.98 Å². The van der Waals surface area contributed by atoms with E-state index in [9.17, 15) is 0 Å². The Balaban J connectivity index is 0.00000225. The molecule has 0 aliphatic carbocycles. The molecule has 1 nitrogen and oxygen atoms in total. The van der Waals surface area contributed by atoms with E-state index in [0.29, 0.717) is 0 Å². The topological polar surface area (TPSA) is 12.9 Å². The zero-order valence-corrected chi connectivity index (χ0v) is 18.7. The van der Waals surface area contributed by atoms with Crippen molar-refractivity contribution >= 4 is 0 Å². The largest absolute Gasteiger partial charge is 0.304 e. The van der Waals surface area contributed by atoms with Gasteiger partial charge in [0.05, 0.1) is 0 Å². The van der Waals surface area contributed by atoms with Crippen LogP contribution >= 0.6 is 0 Å². The molecule has 0 aliphatic rings. The van der Waals surface area contributed by atoms with Gasteiger partial charge in [0.1, 0.15) is 0 Å². The van der Waals surface area contributed by atoms with E-state index >= 15 is 0 Å². The second-order valence-corrected chi connectivity index (χ2v) is 7.06. The van der Waals surface area contributed by atoms with Crippen molar-refractivity contribution in [2.45, 2.75) is 20.8 Å². The molecule has 0 aliphatic heterocycles. The van der Waals surface area contributed by atoms with Crippen LogP contribution in [0.5, 0.6) is 0 Å². The number of hydrogen-bond acceptors (Lipinski definition) is 1. The molecule has 0 atom stereocenters. The molecule has 0 spiro atoms. The van der Waals surface area contributed by atoms with E-state index in [1.165, 1.54) is 38.9 Å². The average molecular weight is 541 g/mol. The first kappa shape index (κ1) is 20.2. The van der Waals surface area contributed by atoms with Crippen molar-refractivity contribution in [2.24, 2.45) is 0 Å². The number of hydrogen-bond donors (Lipinski definition) is 0. The predicted octanol–water partition coefficient (Wildman–Crippen LogP) is 6.81. The number of aryl methyl sites for hydroxylation is 3. The minimum Gasteiger partial charge on any atom is -0.304 e. The van der Waals surface area contributed by atoms with Crippen molar-refractivity contribution in [3.05, 3.63) is 102 Å². The summed E-state index contributed by atoms with van der Waals surface area (Å²) in [5.74, 6) is 0. The van der Waals surface area contributed by atoms with Gasteiger partial charge in [-0.05, 0) is 52.9 Å². The Labute approximate surface area is 180 Å². The Kier molecular flexibility index (Phi) is 6.24. The van der Waals surface area contributed by atoms with Crippen LogP contribution < -0.4 is 0 Å². The van der Waals surface area contributed by atoms with Gasteiger partial charge in [-0.3, -0.25) is 0 Å². The molecule has 0 fully saturated rings. The molecule has 28 heavy (non-hydrogen) atoms. The van der Waals surface area contributed by atoms with Crippen LogP contribution in [-0.2, 0) is 20.1 Å². The Hall–Kier alpha value is -2.54. The van der Waals surface area contributed by atoms with Gasteiger partial charge in [-0.2, -0.15) is 0 Å². The second-order valence-electron chi connectivity index (χ2n) is 7.06. The zero-order valence-electron chi connectivity index (χ0n) is 16.3. The van der Waals surface area contributed by atoms with Gasteiger partial charge in [-0.15, -0.1) is 35.4 Å². The number of benzene rings is 3. The second kappa shape index (κ2) is 8.65. The fourth-order valence-corrected chi connectivity index (χ4v) is 3.40. The summed E-state index contributed by atoms with van der Waals surface area (Å²) in [6, 6.07) is 28.9.